The van der Waals surface area contributed by atoms with Crippen LogP contribution in [0.5, 0.6) is 11.5 Å². The maximum atomic E-state index is 12.4. The lowest BCUT2D eigenvalue weighted by molar-refractivity contribution is -0.385. The first-order valence-corrected chi connectivity index (χ1v) is 9.03. The first-order chi connectivity index (χ1) is 13.4. The number of anilines is 1. The molecule has 0 aliphatic rings. The Morgan fingerprint density at radius 2 is 2.04 bits per heavy atom. The fourth-order valence-electron chi connectivity index (χ4n) is 2.31. The Bertz CT molecular complexity index is 872. The predicted octanol–water partition coefficient (Wildman–Crippen LogP) is 3.91. The van der Waals surface area contributed by atoms with Crippen LogP contribution < -0.4 is 20.1 Å². The van der Waals surface area contributed by atoms with E-state index in [2.05, 4.69) is 17.6 Å². The van der Waals surface area contributed by atoms with Crippen molar-refractivity contribution in [3.05, 3.63) is 58.1 Å². The molecule has 0 saturated carbocycles. The minimum atomic E-state index is -0.560. The minimum Gasteiger partial charge on any atom is -0.494 e. The number of thiocarbonyl (C=S) groups is 1. The van der Waals surface area contributed by atoms with E-state index in [0.717, 1.165) is 12.8 Å². The number of nitro groups is 1. The second-order valence-electron chi connectivity index (χ2n) is 5.78. The van der Waals surface area contributed by atoms with E-state index in [9.17, 15) is 14.9 Å². The topological polar surface area (TPSA) is 103 Å². The summed E-state index contributed by atoms with van der Waals surface area (Å²) in [7, 11) is 1.35. The summed E-state index contributed by atoms with van der Waals surface area (Å²) in [6, 6.07) is 11.1. The molecule has 0 fully saturated rings. The van der Waals surface area contributed by atoms with Gasteiger partial charge in [-0.3, -0.25) is 20.2 Å². The zero-order valence-corrected chi connectivity index (χ0v) is 16.4. The SMILES string of the molecule is CCCCOc1cccc(C(=O)NC(=S)Nc2ccc(OC)c([N+](=O)[O-])c2)c1. The number of carbonyl (C=O) groups is 1. The first kappa shape index (κ1) is 21.1. The number of rotatable bonds is 8. The number of benzene rings is 2. The third-order valence-corrected chi connectivity index (χ3v) is 3.93. The molecule has 1 amide bonds. The number of amides is 1. The summed E-state index contributed by atoms with van der Waals surface area (Å²) >= 11 is 5.13. The molecule has 0 saturated heterocycles. The number of unbranched alkanes of at least 4 members (excludes halogenated alkanes) is 1. The fraction of sp³-hybridized carbons (Fsp3) is 0.263. The van der Waals surface area contributed by atoms with Crippen molar-refractivity contribution in [3.63, 3.8) is 0 Å². The number of carbonyl (C=O) groups excluding carboxylic acids is 1. The number of nitro benzene ring substituents is 1. The zero-order valence-electron chi connectivity index (χ0n) is 15.6. The highest BCUT2D eigenvalue weighted by Crippen LogP contribution is 2.29. The van der Waals surface area contributed by atoms with Gasteiger partial charge in [0.2, 0.25) is 0 Å². The summed E-state index contributed by atoms with van der Waals surface area (Å²) in [5.74, 6) is 0.317. The van der Waals surface area contributed by atoms with Gasteiger partial charge in [0.1, 0.15) is 5.75 Å². The first-order valence-electron chi connectivity index (χ1n) is 8.62. The van der Waals surface area contributed by atoms with E-state index in [1.165, 1.54) is 19.2 Å². The van der Waals surface area contributed by atoms with Crippen LogP contribution in [0.2, 0.25) is 0 Å². The second-order valence-corrected chi connectivity index (χ2v) is 6.19. The van der Waals surface area contributed by atoms with E-state index in [1.807, 2.05) is 0 Å². The standard InChI is InChI=1S/C19H21N3O5S/c1-3-4-10-27-15-7-5-6-13(11-15)18(23)21-19(28)20-14-8-9-17(26-2)16(12-14)22(24)25/h5-9,11-12H,3-4,10H2,1-2H3,(H2,20,21,23,28). The van der Waals surface area contributed by atoms with Gasteiger partial charge in [0, 0.05) is 17.3 Å². The van der Waals surface area contributed by atoms with Crippen LogP contribution in [0.1, 0.15) is 30.1 Å². The summed E-state index contributed by atoms with van der Waals surface area (Å²) < 4.78 is 10.5. The van der Waals surface area contributed by atoms with Gasteiger partial charge >= 0.3 is 5.69 Å². The fourth-order valence-corrected chi connectivity index (χ4v) is 2.52. The van der Waals surface area contributed by atoms with Gasteiger partial charge in [0.15, 0.2) is 10.9 Å². The van der Waals surface area contributed by atoms with Crippen LogP contribution in [0.25, 0.3) is 0 Å². The smallest absolute Gasteiger partial charge is 0.312 e. The number of nitrogens with one attached hydrogen (secondary N) is 2. The molecule has 0 aromatic heterocycles. The highest BCUT2D eigenvalue weighted by Gasteiger charge is 2.16. The molecule has 0 unspecified atom stereocenters. The molecule has 0 radical (unpaired) electrons. The van der Waals surface area contributed by atoms with Gasteiger partial charge in [0.25, 0.3) is 5.91 Å². The molecule has 0 bridgehead atoms. The van der Waals surface area contributed by atoms with Crippen molar-refractivity contribution >= 4 is 34.6 Å². The predicted molar refractivity (Wildman–Crippen MR) is 110 cm³/mol. The van der Waals surface area contributed by atoms with Gasteiger partial charge < -0.3 is 14.8 Å². The molecule has 2 aromatic rings. The molecule has 0 atom stereocenters. The Labute approximate surface area is 168 Å². The van der Waals surface area contributed by atoms with Crippen LogP contribution in [-0.2, 0) is 0 Å². The molecule has 28 heavy (non-hydrogen) atoms. The highest BCUT2D eigenvalue weighted by molar-refractivity contribution is 7.80. The van der Waals surface area contributed by atoms with E-state index < -0.39 is 10.8 Å². The molecular weight excluding hydrogens is 382 g/mol. The van der Waals surface area contributed by atoms with E-state index in [1.54, 1.807) is 30.3 Å². The average molecular weight is 403 g/mol. The lowest BCUT2D eigenvalue weighted by Crippen LogP contribution is -2.34. The van der Waals surface area contributed by atoms with Crippen molar-refractivity contribution in [2.24, 2.45) is 0 Å². The Morgan fingerprint density at radius 1 is 1.25 bits per heavy atom. The quantitative estimate of drug-likeness (QED) is 0.298. The maximum Gasteiger partial charge on any atom is 0.312 e. The summed E-state index contributed by atoms with van der Waals surface area (Å²) in [6.45, 7) is 2.65. The van der Waals surface area contributed by atoms with Crippen LogP contribution in [0.4, 0.5) is 11.4 Å². The van der Waals surface area contributed by atoms with Crippen molar-refractivity contribution < 1.29 is 19.2 Å². The van der Waals surface area contributed by atoms with Crippen molar-refractivity contribution in [3.8, 4) is 11.5 Å². The van der Waals surface area contributed by atoms with Crippen LogP contribution in [0, 0.1) is 10.1 Å². The maximum absolute atomic E-state index is 12.4. The van der Waals surface area contributed by atoms with E-state index in [-0.39, 0.29) is 16.5 Å². The molecule has 0 heterocycles. The van der Waals surface area contributed by atoms with Crippen LogP contribution in [-0.4, -0.2) is 29.7 Å². The van der Waals surface area contributed by atoms with Gasteiger partial charge in [-0.15, -0.1) is 0 Å². The van der Waals surface area contributed by atoms with Crippen molar-refractivity contribution in [1.29, 1.82) is 0 Å². The highest BCUT2D eigenvalue weighted by atomic mass is 32.1. The Morgan fingerprint density at radius 3 is 2.71 bits per heavy atom. The number of hydrogen-bond donors (Lipinski definition) is 2. The van der Waals surface area contributed by atoms with Crippen LogP contribution in [0.15, 0.2) is 42.5 Å². The molecule has 0 aliphatic carbocycles. The second kappa shape index (κ2) is 10.2. The average Bonchev–Trinajstić information content (AvgIpc) is 2.68. The zero-order chi connectivity index (χ0) is 20.5. The summed E-state index contributed by atoms with van der Waals surface area (Å²) in [5.41, 5.74) is 0.534. The minimum absolute atomic E-state index is 0.0155. The van der Waals surface area contributed by atoms with E-state index in [4.69, 9.17) is 21.7 Å². The van der Waals surface area contributed by atoms with Gasteiger partial charge in [0.05, 0.1) is 18.6 Å². The van der Waals surface area contributed by atoms with Gasteiger partial charge in [-0.25, -0.2) is 0 Å². The van der Waals surface area contributed by atoms with Crippen molar-refractivity contribution in [2.75, 3.05) is 19.0 Å². The molecular formula is C19H21N3O5S. The third kappa shape index (κ3) is 5.92. The summed E-state index contributed by atoms with van der Waals surface area (Å²) in [4.78, 5) is 22.9. The normalized spacial score (nSPS) is 10.1. The molecule has 0 aliphatic heterocycles. The number of hydrogen-bond acceptors (Lipinski definition) is 6. The molecule has 2 rings (SSSR count). The molecule has 2 N–H and O–H groups in total. The summed E-state index contributed by atoms with van der Waals surface area (Å²) in [5, 5.41) is 16.4. The van der Waals surface area contributed by atoms with Gasteiger partial charge in [-0.1, -0.05) is 19.4 Å². The Hall–Kier alpha value is -3.20. The summed E-state index contributed by atoms with van der Waals surface area (Å²) in [6.07, 6.45) is 1.95. The number of nitrogens with zero attached hydrogens (tertiary/aromatic N) is 1. The van der Waals surface area contributed by atoms with E-state index >= 15 is 0 Å². The molecule has 2 aromatic carbocycles. The Balaban J connectivity index is 2.01. The lowest BCUT2D eigenvalue weighted by atomic mass is 10.2. The molecule has 9 heteroatoms. The monoisotopic (exact) mass is 403 g/mol. The number of ether oxygens (including phenoxy) is 2. The van der Waals surface area contributed by atoms with Gasteiger partial charge in [-0.05, 0) is 49.0 Å². The Kier molecular flexibility index (Phi) is 7.70. The van der Waals surface area contributed by atoms with E-state index in [0.29, 0.717) is 23.6 Å². The molecule has 0 spiro atoms. The van der Waals surface area contributed by atoms with Crippen LogP contribution >= 0.6 is 12.2 Å². The van der Waals surface area contributed by atoms with Gasteiger partial charge in [-0.2, -0.15) is 0 Å². The number of methoxy groups -OCH3 is 1. The van der Waals surface area contributed by atoms with Crippen molar-refractivity contribution in [1.82, 2.24) is 5.32 Å². The van der Waals surface area contributed by atoms with Crippen LogP contribution in [0.3, 0.4) is 0 Å². The lowest BCUT2D eigenvalue weighted by Gasteiger charge is -2.11. The molecule has 8 nitrogen and oxygen atoms in total. The van der Waals surface area contributed by atoms with Crippen molar-refractivity contribution in [2.45, 2.75) is 19.8 Å². The largest absolute Gasteiger partial charge is 0.494 e. The third-order valence-electron chi connectivity index (χ3n) is 3.72. The molecule has 148 valence electrons.